The van der Waals surface area contributed by atoms with Gasteiger partial charge in [0.25, 0.3) is 5.56 Å². The van der Waals surface area contributed by atoms with E-state index < -0.39 is 29.3 Å². The van der Waals surface area contributed by atoms with Crippen LogP contribution in [0.4, 0.5) is 0 Å². The minimum absolute atomic E-state index is 0.126. The van der Waals surface area contributed by atoms with Gasteiger partial charge in [-0.25, -0.2) is 9.78 Å². The van der Waals surface area contributed by atoms with Crippen LogP contribution < -0.4 is 15.6 Å². The zero-order valence-corrected chi connectivity index (χ0v) is 24.4. The standard InChI is InChI=1S/C29H23ClN4O6S2/c1-14-4-7-21(19(9-14)25-31-20-6-5-16(30)10-18(20)26(36)33-25)40-12-15-13-42-28-23(27(37)34(28)24(15)29(38)39)32-22(35)11-17-3-2-8-41-17/h2-10,13,23-24,28H,11-12H2,1H3,(H,32,35)(H,38,39)(H,31,33,36). The van der Waals surface area contributed by atoms with Crippen molar-refractivity contribution >= 4 is 63.4 Å². The van der Waals surface area contributed by atoms with Crippen molar-refractivity contribution < 1.29 is 24.2 Å². The molecule has 3 atom stereocenters. The van der Waals surface area contributed by atoms with Gasteiger partial charge in [-0.3, -0.25) is 14.4 Å². The number of rotatable bonds is 8. The number of thiophene rings is 1. The maximum absolute atomic E-state index is 13.0. The van der Waals surface area contributed by atoms with Crippen LogP contribution >= 0.6 is 34.7 Å². The molecule has 1 saturated heterocycles. The Bertz CT molecular complexity index is 1820. The lowest BCUT2D eigenvalue weighted by Gasteiger charge is -2.51. The third-order valence-corrected chi connectivity index (χ3v) is 9.31. The highest BCUT2D eigenvalue weighted by atomic mass is 35.5. The van der Waals surface area contributed by atoms with Crippen molar-refractivity contribution in [2.45, 2.75) is 30.8 Å². The molecule has 0 bridgehead atoms. The van der Waals surface area contributed by atoms with Gasteiger partial charge in [-0.15, -0.1) is 23.1 Å². The van der Waals surface area contributed by atoms with E-state index in [2.05, 4.69) is 15.3 Å². The zero-order valence-electron chi connectivity index (χ0n) is 22.0. The number of hydrogen-bond acceptors (Lipinski definition) is 8. The summed E-state index contributed by atoms with van der Waals surface area (Å²) >= 11 is 8.75. The van der Waals surface area contributed by atoms with Crippen LogP contribution in [0.2, 0.25) is 5.02 Å². The normalized spacial score (nSPS) is 19.6. The molecule has 2 aromatic carbocycles. The molecular weight excluding hydrogens is 600 g/mol. The molecule has 2 amide bonds. The Labute approximate surface area is 252 Å². The number of carbonyl (C=O) groups excluding carboxylic acids is 2. The Morgan fingerprint density at radius 3 is 2.79 bits per heavy atom. The van der Waals surface area contributed by atoms with E-state index in [4.69, 9.17) is 16.3 Å². The van der Waals surface area contributed by atoms with E-state index in [-0.39, 0.29) is 30.3 Å². The van der Waals surface area contributed by atoms with Crippen LogP contribution in [0.3, 0.4) is 0 Å². The number of carboxylic acids is 1. The summed E-state index contributed by atoms with van der Waals surface area (Å²) in [7, 11) is 0. The SMILES string of the molecule is Cc1ccc(OCC2=CSC3C(NC(=O)Cc4cccs4)C(=O)N3C2C(=O)O)c(-c2nc3ccc(Cl)cc3c(=O)[nH]2)c1. The molecule has 42 heavy (non-hydrogen) atoms. The lowest BCUT2D eigenvalue weighted by Crippen LogP contribution is -2.74. The number of nitrogens with one attached hydrogen (secondary N) is 2. The molecule has 3 unspecified atom stereocenters. The number of β-lactam (4-membered cyclic amide) rings is 1. The second-order valence-corrected chi connectivity index (χ2v) is 12.3. The van der Waals surface area contributed by atoms with Crippen molar-refractivity contribution in [3.8, 4) is 17.1 Å². The molecule has 0 aliphatic carbocycles. The van der Waals surface area contributed by atoms with Gasteiger partial charge in [-0.05, 0) is 54.1 Å². The molecule has 2 aliphatic heterocycles. The van der Waals surface area contributed by atoms with Crippen LogP contribution in [-0.2, 0) is 20.8 Å². The van der Waals surface area contributed by atoms with Crippen molar-refractivity contribution in [2.24, 2.45) is 0 Å². The Balaban J connectivity index is 1.22. The highest BCUT2D eigenvalue weighted by molar-refractivity contribution is 8.03. The van der Waals surface area contributed by atoms with Crippen LogP contribution in [-0.4, -0.2) is 61.8 Å². The summed E-state index contributed by atoms with van der Waals surface area (Å²) in [5.74, 6) is -1.29. The molecule has 214 valence electrons. The van der Waals surface area contributed by atoms with Gasteiger partial charge in [0.15, 0.2) is 6.04 Å². The number of halogens is 1. The third-order valence-electron chi connectivity index (χ3n) is 6.99. The van der Waals surface area contributed by atoms with Crippen molar-refractivity contribution in [3.05, 3.63) is 90.7 Å². The van der Waals surface area contributed by atoms with E-state index in [1.807, 2.05) is 36.6 Å². The van der Waals surface area contributed by atoms with Crippen LogP contribution in [0, 0.1) is 6.92 Å². The molecule has 4 aromatic rings. The molecule has 6 rings (SSSR count). The van der Waals surface area contributed by atoms with Crippen LogP contribution in [0.15, 0.2) is 69.7 Å². The molecule has 2 aliphatic rings. The fraction of sp³-hybridized carbons (Fsp3) is 0.207. The van der Waals surface area contributed by atoms with Gasteiger partial charge in [0.05, 0.1) is 22.9 Å². The first-order chi connectivity index (χ1) is 20.2. The lowest BCUT2D eigenvalue weighted by molar-refractivity contribution is -0.160. The Hall–Kier alpha value is -4.13. The van der Waals surface area contributed by atoms with Crippen molar-refractivity contribution in [1.82, 2.24) is 20.2 Å². The summed E-state index contributed by atoms with van der Waals surface area (Å²) in [5, 5.41) is 16.6. The quantitative estimate of drug-likeness (QED) is 0.251. The Morgan fingerprint density at radius 2 is 2.02 bits per heavy atom. The van der Waals surface area contributed by atoms with E-state index in [0.717, 1.165) is 10.4 Å². The van der Waals surface area contributed by atoms with Gasteiger partial charge in [0, 0.05) is 15.5 Å². The third kappa shape index (κ3) is 5.28. The number of ether oxygens (including phenoxy) is 1. The number of fused-ring (bicyclic) bond motifs is 2. The maximum Gasteiger partial charge on any atom is 0.330 e. The molecule has 10 nitrogen and oxygen atoms in total. The first-order valence-electron chi connectivity index (χ1n) is 12.8. The number of thioether (sulfide) groups is 1. The van der Waals surface area contributed by atoms with Crippen molar-refractivity contribution in [3.63, 3.8) is 0 Å². The highest BCUT2D eigenvalue weighted by Gasteiger charge is 2.55. The average Bonchev–Trinajstić information content (AvgIpc) is 3.47. The largest absolute Gasteiger partial charge is 0.488 e. The average molecular weight is 623 g/mol. The van der Waals surface area contributed by atoms with Crippen LogP contribution in [0.5, 0.6) is 5.75 Å². The van der Waals surface area contributed by atoms with Crippen LogP contribution in [0.1, 0.15) is 10.4 Å². The second kappa shape index (κ2) is 11.3. The molecule has 1 fully saturated rings. The van der Waals surface area contributed by atoms with Gasteiger partial charge < -0.3 is 25.0 Å². The predicted molar refractivity (Wildman–Crippen MR) is 161 cm³/mol. The summed E-state index contributed by atoms with van der Waals surface area (Å²) in [4.78, 5) is 60.1. The molecular formula is C29H23ClN4O6S2. The first-order valence-corrected chi connectivity index (χ1v) is 15.0. The molecule has 2 aromatic heterocycles. The number of aryl methyl sites for hydroxylation is 1. The van der Waals surface area contributed by atoms with Gasteiger partial charge in [-0.2, -0.15) is 0 Å². The monoisotopic (exact) mass is 622 g/mol. The molecule has 13 heteroatoms. The fourth-order valence-corrected chi connectivity index (χ4v) is 7.06. The minimum Gasteiger partial charge on any atom is -0.488 e. The van der Waals surface area contributed by atoms with E-state index in [9.17, 15) is 24.3 Å². The van der Waals surface area contributed by atoms with Crippen molar-refractivity contribution in [2.75, 3.05) is 6.61 Å². The number of carboxylic acid groups (broad SMARTS) is 1. The van der Waals surface area contributed by atoms with Gasteiger partial charge in [0.2, 0.25) is 11.8 Å². The van der Waals surface area contributed by atoms with E-state index >= 15 is 0 Å². The number of hydrogen-bond donors (Lipinski definition) is 3. The summed E-state index contributed by atoms with van der Waals surface area (Å²) in [6.45, 7) is 1.76. The molecule has 0 radical (unpaired) electrons. The predicted octanol–water partition coefficient (Wildman–Crippen LogP) is 3.97. The number of aromatic nitrogens is 2. The minimum atomic E-state index is -1.24. The summed E-state index contributed by atoms with van der Waals surface area (Å²) < 4.78 is 6.10. The lowest BCUT2D eigenvalue weighted by atomic mass is 9.98. The van der Waals surface area contributed by atoms with Gasteiger partial charge in [0.1, 0.15) is 29.6 Å². The smallest absolute Gasteiger partial charge is 0.330 e. The number of carbonyl (C=O) groups is 3. The topological polar surface area (TPSA) is 142 Å². The molecule has 4 heterocycles. The second-order valence-electron chi connectivity index (χ2n) is 9.87. The Kier molecular flexibility index (Phi) is 7.52. The van der Waals surface area contributed by atoms with E-state index in [1.54, 1.807) is 29.7 Å². The van der Waals surface area contributed by atoms with Crippen molar-refractivity contribution in [1.29, 1.82) is 0 Å². The number of benzene rings is 2. The summed E-state index contributed by atoms with van der Waals surface area (Å²) in [5.41, 5.74) is 1.89. The number of H-pyrrole nitrogens is 1. The van der Waals surface area contributed by atoms with E-state index in [1.165, 1.54) is 28.0 Å². The maximum atomic E-state index is 13.0. The molecule has 0 saturated carbocycles. The number of aromatic amines is 1. The molecule has 3 N–H and O–H groups in total. The number of nitrogens with zero attached hydrogens (tertiary/aromatic N) is 2. The summed E-state index contributed by atoms with van der Waals surface area (Å²) in [6, 6.07) is 11.9. The summed E-state index contributed by atoms with van der Waals surface area (Å²) in [6.07, 6.45) is 0.153. The highest BCUT2D eigenvalue weighted by Crippen LogP contribution is 2.40. The number of amides is 2. The molecule has 0 spiro atoms. The van der Waals surface area contributed by atoms with Gasteiger partial charge in [-0.1, -0.05) is 29.3 Å². The number of aliphatic carboxylic acids is 1. The fourth-order valence-electron chi connectivity index (χ4n) is 4.98. The van der Waals surface area contributed by atoms with Gasteiger partial charge >= 0.3 is 5.97 Å². The first kappa shape index (κ1) is 28.0. The Morgan fingerprint density at radius 1 is 1.19 bits per heavy atom. The van der Waals surface area contributed by atoms with Crippen LogP contribution in [0.25, 0.3) is 22.3 Å². The zero-order chi connectivity index (χ0) is 29.5. The van der Waals surface area contributed by atoms with E-state index in [0.29, 0.717) is 32.8 Å².